The van der Waals surface area contributed by atoms with Crippen LogP contribution in [0.5, 0.6) is 0 Å². The summed E-state index contributed by atoms with van der Waals surface area (Å²) in [7, 11) is 0. The van der Waals surface area contributed by atoms with Gasteiger partial charge < -0.3 is 16.0 Å². The first-order valence-corrected chi connectivity index (χ1v) is 5.89. The van der Waals surface area contributed by atoms with E-state index in [1.807, 2.05) is 0 Å². The summed E-state index contributed by atoms with van der Waals surface area (Å²) >= 11 is 0. The van der Waals surface area contributed by atoms with Crippen molar-refractivity contribution in [1.82, 2.24) is 15.2 Å². The number of hydrogen-bond acceptors (Lipinski definition) is 4. The van der Waals surface area contributed by atoms with E-state index >= 15 is 0 Å². The van der Waals surface area contributed by atoms with Gasteiger partial charge in [-0.2, -0.15) is 0 Å². The SMILES string of the molecule is CCN(CC)CCNC(=O)c1cnccc1N.Cl.Cl. The van der Waals surface area contributed by atoms with Crippen LogP contribution in [-0.4, -0.2) is 42.0 Å². The zero-order valence-corrected chi connectivity index (χ0v) is 12.9. The Morgan fingerprint density at radius 3 is 2.53 bits per heavy atom. The third-order valence-electron chi connectivity index (χ3n) is 2.71. The second-order valence-electron chi connectivity index (χ2n) is 3.75. The van der Waals surface area contributed by atoms with E-state index in [9.17, 15) is 4.79 Å². The lowest BCUT2D eigenvalue weighted by Gasteiger charge is -2.18. The number of nitrogens with two attached hydrogens (primary N) is 1. The molecule has 3 N–H and O–H groups in total. The second kappa shape index (κ2) is 10.8. The van der Waals surface area contributed by atoms with Crippen LogP contribution < -0.4 is 11.1 Å². The van der Waals surface area contributed by atoms with Gasteiger partial charge >= 0.3 is 0 Å². The number of nitrogens with zero attached hydrogens (tertiary/aromatic N) is 2. The van der Waals surface area contributed by atoms with Crippen molar-refractivity contribution < 1.29 is 4.79 Å². The molecule has 0 aliphatic heterocycles. The molecule has 19 heavy (non-hydrogen) atoms. The third kappa shape index (κ3) is 6.61. The Balaban J connectivity index is 0. The molecule has 0 spiro atoms. The minimum absolute atomic E-state index is 0. The predicted octanol–water partition coefficient (Wildman–Crippen LogP) is 1.58. The van der Waals surface area contributed by atoms with Crippen molar-refractivity contribution in [2.75, 3.05) is 31.9 Å². The molecule has 1 aromatic rings. The Morgan fingerprint density at radius 1 is 1.37 bits per heavy atom. The van der Waals surface area contributed by atoms with Gasteiger partial charge in [0.25, 0.3) is 5.91 Å². The molecule has 0 fully saturated rings. The Kier molecular flexibility index (Phi) is 11.6. The maximum Gasteiger partial charge on any atom is 0.254 e. The second-order valence-corrected chi connectivity index (χ2v) is 3.75. The fourth-order valence-electron chi connectivity index (χ4n) is 1.56. The van der Waals surface area contributed by atoms with Crippen LogP contribution in [0, 0.1) is 0 Å². The molecule has 1 aromatic heterocycles. The van der Waals surface area contributed by atoms with Gasteiger partial charge in [-0.25, -0.2) is 0 Å². The Labute approximate surface area is 126 Å². The van der Waals surface area contributed by atoms with Crippen molar-refractivity contribution in [2.45, 2.75) is 13.8 Å². The lowest BCUT2D eigenvalue weighted by atomic mass is 10.2. The number of nitrogen functional groups attached to an aromatic ring is 1. The topological polar surface area (TPSA) is 71.2 Å². The molecule has 0 atom stereocenters. The minimum Gasteiger partial charge on any atom is -0.398 e. The summed E-state index contributed by atoms with van der Waals surface area (Å²) in [4.78, 5) is 17.9. The largest absolute Gasteiger partial charge is 0.398 e. The standard InChI is InChI=1S/C12H20N4O.2ClH/c1-3-16(4-2)8-7-15-12(17)10-9-14-6-5-11(10)13;;/h5-6,9H,3-4,7-8H2,1-2H3,(H2,13,14)(H,15,17);2*1H. The lowest BCUT2D eigenvalue weighted by Crippen LogP contribution is -2.35. The average Bonchev–Trinajstić information content (AvgIpc) is 2.35. The van der Waals surface area contributed by atoms with E-state index in [4.69, 9.17) is 5.73 Å². The van der Waals surface area contributed by atoms with Crippen LogP contribution in [0.4, 0.5) is 5.69 Å². The minimum atomic E-state index is -0.164. The monoisotopic (exact) mass is 308 g/mol. The maximum absolute atomic E-state index is 11.8. The number of carbonyl (C=O) groups is 1. The molecule has 0 radical (unpaired) electrons. The highest BCUT2D eigenvalue weighted by Crippen LogP contribution is 2.07. The number of halogens is 2. The van der Waals surface area contributed by atoms with Crippen LogP contribution in [0.1, 0.15) is 24.2 Å². The summed E-state index contributed by atoms with van der Waals surface area (Å²) in [6.45, 7) is 7.64. The number of aromatic nitrogens is 1. The maximum atomic E-state index is 11.8. The number of nitrogens with one attached hydrogen (secondary N) is 1. The molecule has 7 heteroatoms. The molecule has 0 bridgehead atoms. The number of likely N-dealkylation sites (N-methyl/N-ethyl adjacent to an activating group) is 1. The normalized spacial score (nSPS) is 9.42. The van der Waals surface area contributed by atoms with E-state index in [1.54, 1.807) is 12.3 Å². The Bertz CT molecular complexity index is 373. The highest BCUT2D eigenvalue weighted by Gasteiger charge is 2.09. The number of amides is 1. The van der Waals surface area contributed by atoms with Gasteiger partial charge in [-0.1, -0.05) is 13.8 Å². The van der Waals surface area contributed by atoms with Crippen molar-refractivity contribution in [2.24, 2.45) is 0 Å². The summed E-state index contributed by atoms with van der Waals surface area (Å²) in [5.41, 5.74) is 6.59. The molecule has 0 aliphatic carbocycles. The number of carbonyl (C=O) groups excluding carboxylic acids is 1. The number of rotatable bonds is 6. The van der Waals surface area contributed by atoms with Crippen molar-refractivity contribution in [3.05, 3.63) is 24.0 Å². The van der Waals surface area contributed by atoms with E-state index in [0.717, 1.165) is 19.6 Å². The summed E-state index contributed by atoms with van der Waals surface area (Å²) in [6, 6.07) is 1.62. The third-order valence-corrected chi connectivity index (χ3v) is 2.71. The van der Waals surface area contributed by atoms with Crippen LogP contribution in [0.3, 0.4) is 0 Å². The molecule has 0 aromatic carbocycles. The van der Waals surface area contributed by atoms with Crippen LogP contribution in [-0.2, 0) is 0 Å². The van der Waals surface area contributed by atoms with Gasteiger partial charge in [0.1, 0.15) is 0 Å². The molecular formula is C12H22Cl2N4O. The summed E-state index contributed by atoms with van der Waals surface area (Å²) in [5, 5.41) is 2.84. The molecular weight excluding hydrogens is 287 g/mol. The first kappa shape index (κ1) is 20.3. The van der Waals surface area contributed by atoms with E-state index in [0.29, 0.717) is 17.8 Å². The fraction of sp³-hybridized carbons (Fsp3) is 0.500. The molecule has 0 aliphatic rings. The van der Waals surface area contributed by atoms with Gasteiger partial charge in [0.15, 0.2) is 0 Å². The molecule has 1 heterocycles. The van der Waals surface area contributed by atoms with Crippen LogP contribution in [0.15, 0.2) is 18.5 Å². The van der Waals surface area contributed by atoms with Crippen LogP contribution in [0.2, 0.25) is 0 Å². The molecule has 0 saturated carbocycles. The first-order valence-electron chi connectivity index (χ1n) is 5.89. The van der Waals surface area contributed by atoms with Crippen molar-refractivity contribution in [3.8, 4) is 0 Å². The van der Waals surface area contributed by atoms with E-state index in [1.165, 1.54) is 6.20 Å². The van der Waals surface area contributed by atoms with Crippen molar-refractivity contribution in [3.63, 3.8) is 0 Å². The predicted molar refractivity (Wildman–Crippen MR) is 83.3 cm³/mol. The quantitative estimate of drug-likeness (QED) is 0.837. The van der Waals surface area contributed by atoms with Crippen LogP contribution >= 0.6 is 24.8 Å². The fourth-order valence-corrected chi connectivity index (χ4v) is 1.56. The van der Waals surface area contributed by atoms with Gasteiger partial charge in [-0.15, -0.1) is 24.8 Å². The summed E-state index contributed by atoms with van der Waals surface area (Å²) in [5.74, 6) is -0.164. The van der Waals surface area contributed by atoms with Gasteiger partial charge in [-0.05, 0) is 19.2 Å². The smallest absolute Gasteiger partial charge is 0.254 e. The van der Waals surface area contributed by atoms with E-state index in [2.05, 4.69) is 29.0 Å². The molecule has 1 rings (SSSR count). The van der Waals surface area contributed by atoms with E-state index in [-0.39, 0.29) is 30.7 Å². The molecule has 1 amide bonds. The molecule has 0 unspecified atom stereocenters. The average molecular weight is 309 g/mol. The highest BCUT2D eigenvalue weighted by molar-refractivity contribution is 5.98. The lowest BCUT2D eigenvalue weighted by molar-refractivity contribution is 0.0949. The number of hydrogen-bond donors (Lipinski definition) is 2. The summed E-state index contributed by atoms with van der Waals surface area (Å²) in [6.07, 6.45) is 3.06. The first-order chi connectivity index (χ1) is 8.19. The number of anilines is 1. The highest BCUT2D eigenvalue weighted by atomic mass is 35.5. The number of pyridine rings is 1. The van der Waals surface area contributed by atoms with Crippen LogP contribution in [0.25, 0.3) is 0 Å². The Hall–Kier alpha value is -1.04. The van der Waals surface area contributed by atoms with Gasteiger partial charge in [0, 0.05) is 31.2 Å². The molecule has 5 nitrogen and oxygen atoms in total. The molecule has 110 valence electrons. The Morgan fingerprint density at radius 2 is 2.00 bits per heavy atom. The molecule has 0 saturated heterocycles. The van der Waals surface area contributed by atoms with Crippen molar-refractivity contribution in [1.29, 1.82) is 0 Å². The zero-order valence-electron chi connectivity index (χ0n) is 11.3. The van der Waals surface area contributed by atoms with Gasteiger partial charge in [0.05, 0.1) is 5.56 Å². The summed E-state index contributed by atoms with van der Waals surface area (Å²) < 4.78 is 0. The van der Waals surface area contributed by atoms with E-state index < -0.39 is 0 Å². The van der Waals surface area contributed by atoms with Gasteiger partial charge in [-0.3, -0.25) is 9.78 Å². The van der Waals surface area contributed by atoms with Crippen molar-refractivity contribution >= 4 is 36.4 Å². The zero-order chi connectivity index (χ0) is 12.7. The van der Waals surface area contributed by atoms with Gasteiger partial charge in [0.2, 0.25) is 0 Å².